The van der Waals surface area contributed by atoms with Crippen molar-refractivity contribution in [1.82, 2.24) is 19.7 Å². The zero-order valence-corrected chi connectivity index (χ0v) is 23.4. The number of fused-ring (bicyclic) bond motifs is 2. The van der Waals surface area contributed by atoms with E-state index in [1.807, 2.05) is 0 Å². The van der Waals surface area contributed by atoms with Gasteiger partial charge in [0, 0.05) is 55.9 Å². The molecule has 2 heterocycles. The zero-order chi connectivity index (χ0) is 26.4. The minimum atomic E-state index is -0.584. The maximum atomic E-state index is 14.4. The van der Waals surface area contributed by atoms with Crippen LogP contribution in [0.25, 0.3) is 10.9 Å². The molecule has 7 heteroatoms. The summed E-state index contributed by atoms with van der Waals surface area (Å²) in [5.41, 5.74) is 3.16. The average Bonchev–Trinajstić information content (AvgIpc) is 3.26. The molecule has 1 saturated heterocycles. The van der Waals surface area contributed by atoms with Crippen molar-refractivity contribution in [2.24, 2.45) is 13.0 Å². The van der Waals surface area contributed by atoms with Gasteiger partial charge in [-0.3, -0.25) is 14.6 Å². The summed E-state index contributed by atoms with van der Waals surface area (Å²) in [5, 5.41) is 4.55. The number of methoxy groups -OCH3 is 1. The Kier molecular flexibility index (Phi) is 7.02. The Labute approximate surface area is 226 Å². The number of carbonyl (C=O) groups excluding carboxylic acids is 2. The lowest BCUT2D eigenvalue weighted by atomic mass is 9.68. The molecule has 38 heavy (non-hydrogen) atoms. The first-order chi connectivity index (χ1) is 18.4. The Morgan fingerprint density at radius 2 is 1.74 bits per heavy atom. The third-order valence-electron chi connectivity index (χ3n) is 10.1. The molecule has 7 nitrogen and oxygen atoms in total. The van der Waals surface area contributed by atoms with Crippen molar-refractivity contribution < 1.29 is 14.3 Å². The summed E-state index contributed by atoms with van der Waals surface area (Å²) in [5.74, 6) is -0.311. The van der Waals surface area contributed by atoms with Gasteiger partial charge in [0.05, 0.1) is 5.92 Å². The van der Waals surface area contributed by atoms with Crippen molar-refractivity contribution in [3.05, 3.63) is 35.5 Å². The van der Waals surface area contributed by atoms with Crippen molar-refractivity contribution in [1.29, 1.82) is 0 Å². The van der Waals surface area contributed by atoms with Crippen molar-refractivity contribution >= 4 is 22.8 Å². The molecule has 1 aliphatic heterocycles. The van der Waals surface area contributed by atoms with Gasteiger partial charge in [-0.1, -0.05) is 50.7 Å². The van der Waals surface area contributed by atoms with Crippen LogP contribution >= 0.6 is 0 Å². The lowest BCUT2D eigenvalue weighted by molar-refractivity contribution is -0.155. The zero-order valence-electron chi connectivity index (χ0n) is 23.4. The van der Waals surface area contributed by atoms with E-state index in [1.54, 1.807) is 12.0 Å². The summed E-state index contributed by atoms with van der Waals surface area (Å²) in [6.45, 7) is 0.646. The molecule has 0 spiro atoms. The van der Waals surface area contributed by atoms with E-state index in [0.29, 0.717) is 13.0 Å². The smallest absolute Gasteiger partial charge is 0.324 e. The topological polar surface area (TPSA) is 66.8 Å². The van der Waals surface area contributed by atoms with Crippen LogP contribution in [0, 0.1) is 5.92 Å². The Bertz CT molecular complexity index is 1200. The van der Waals surface area contributed by atoms with Gasteiger partial charge in [0.2, 0.25) is 5.91 Å². The molecule has 0 radical (unpaired) electrons. The van der Waals surface area contributed by atoms with E-state index in [-0.39, 0.29) is 36.0 Å². The molecular formula is C31H44N4O3. The van der Waals surface area contributed by atoms with E-state index in [0.717, 1.165) is 57.8 Å². The van der Waals surface area contributed by atoms with Crippen LogP contribution in [-0.2, 0) is 28.6 Å². The summed E-state index contributed by atoms with van der Waals surface area (Å²) < 4.78 is 8.68. The first-order valence-electron chi connectivity index (χ1n) is 14.9. The molecule has 2 aromatic rings. The number of hydrogen-bond acceptors (Lipinski definition) is 4. The summed E-state index contributed by atoms with van der Waals surface area (Å²) in [7, 11) is 6.03. The molecule has 4 aliphatic rings. The molecule has 206 valence electrons. The predicted octanol–water partition coefficient (Wildman–Crippen LogP) is 5.10. The van der Waals surface area contributed by atoms with Crippen LogP contribution in [0.5, 0.6) is 0 Å². The van der Waals surface area contributed by atoms with E-state index in [1.165, 1.54) is 34.9 Å². The number of ether oxygens (including phenoxy) is 1. The number of amides is 3. The number of piperidine rings is 1. The molecule has 1 N–H and O–H groups in total. The fourth-order valence-electron chi connectivity index (χ4n) is 8.23. The van der Waals surface area contributed by atoms with Crippen molar-refractivity contribution in [3.63, 3.8) is 0 Å². The SMILES string of the molecule is CO[C@@]12CC(C(=O)N(C(=O)NC3CCCCC3)C3CCCCC3)CN(C)[C@@H]1Cc1cn(C)c3cccc2c13. The number of nitrogens with zero attached hydrogens (tertiary/aromatic N) is 3. The van der Waals surface area contributed by atoms with Crippen LogP contribution in [0.1, 0.15) is 81.8 Å². The van der Waals surface area contributed by atoms with Gasteiger partial charge in [-0.25, -0.2) is 4.79 Å². The molecule has 3 amide bonds. The first-order valence-corrected chi connectivity index (χ1v) is 14.9. The standard InChI is InChI=1S/C31H44N4O3/c1-33-19-21-17-27-31(38-3,25-15-10-16-26(33)28(21)25)18-22(20-34(27)2)29(36)35(24-13-8-5-9-14-24)30(37)32-23-11-6-4-7-12-23/h10,15-16,19,22-24,27H,4-9,11-14,17-18,20H2,1-3H3,(H,32,37)/t22?,27-,31-/m1/s1. The minimum absolute atomic E-state index is 0.00289. The van der Waals surface area contributed by atoms with Gasteiger partial charge in [-0.2, -0.15) is 0 Å². The maximum Gasteiger partial charge on any atom is 0.324 e. The number of urea groups is 1. The van der Waals surface area contributed by atoms with Crippen LogP contribution < -0.4 is 5.32 Å². The number of hydrogen-bond donors (Lipinski definition) is 1. The summed E-state index contributed by atoms with van der Waals surface area (Å²) in [6, 6.07) is 6.64. The van der Waals surface area contributed by atoms with Crippen LogP contribution in [0.15, 0.2) is 24.4 Å². The predicted molar refractivity (Wildman–Crippen MR) is 149 cm³/mol. The summed E-state index contributed by atoms with van der Waals surface area (Å²) in [6.07, 6.45) is 14.5. The summed E-state index contributed by atoms with van der Waals surface area (Å²) in [4.78, 5) is 32.2. The highest BCUT2D eigenvalue weighted by Crippen LogP contribution is 2.50. The van der Waals surface area contributed by atoms with Gasteiger partial charge >= 0.3 is 6.03 Å². The molecule has 3 aliphatic carbocycles. The molecule has 6 rings (SSSR count). The van der Waals surface area contributed by atoms with Crippen molar-refractivity contribution in [2.75, 3.05) is 20.7 Å². The number of aryl methyl sites for hydroxylation is 1. The summed E-state index contributed by atoms with van der Waals surface area (Å²) >= 11 is 0. The molecule has 2 saturated carbocycles. The van der Waals surface area contributed by atoms with Gasteiger partial charge in [0.1, 0.15) is 5.60 Å². The normalized spacial score (nSPS) is 28.7. The van der Waals surface area contributed by atoms with Gasteiger partial charge < -0.3 is 14.6 Å². The highest BCUT2D eigenvalue weighted by molar-refractivity contribution is 5.96. The average molecular weight is 521 g/mol. The molecule has 3 atom stereocenters. The molecule has 1 unspecified atom stereocenters. The maximum absolute atomic E-state index is 14.4. The second kappa shape index (κ2) is 10.3. The lowest BCUT2D eigenvalue weighted by Gasteiger charge is -2.53. The van der Waals surface area contributed by atoms with E-state index < -0.39 is 5.60 Å². The monoisotopic (exact) mass is 520 g/mol. The third-order valence-corrected chi connectivity index (χ3v) is 10.1. The first kappa shape index (κ1) is 25.9. The molecule has 3 fully saturated rings. The van der Waals surface area contributed by atoms with Gasteiger partial charge in [0.15, 0.2) is 0 Å². The fraction of sp³-hybridized carbons (Fsp3) is 0.677. The number of likely N-dealkylation sites (tertiary alicyclic amines) is 1. The van der Waals surface area contributed by atoms with Gasteiger partial charge in [-0.15, -0.1) is 0 Å². The van der Waals surface area contributed by atoms with Gasteiger partial charge in [0.25, 0.3) is 0 Å². The van der Waals surface area contributed by atoms with Crippen LogP contribution in [0.3, 0.4) is 0 Å². The van der Waals surface area contributed by atoms with Crippen molar-refractivity contribution in [2.45, 2.75) is 101 Å². The molecular weight excluding hydrogens is 476 g/mol. The second-order valence-corrected chi connectivity index (χ2v) is 12.4. The van der Waals surface area contributed by atoms with E-state index in [2.05, 4.69) is 53.3 Å². The van der Waals surface area contributed by atoms with Gasteiger partial charge in [-0.05, 0) is 62.8 Å². The van der Waals surface area contributed by atoms with E-state index in [9.17, 15) is 9.59 Å². The number of carbonyl (C=O) groups is 2. The quantitative estimate of drug-likeness (QED) is 0.609. The minimum Gasteiger partial charge on any atom is -0.372 e. The lowest BCUT2D eigenvalue weighted by Crippen LogP contribution is -2.63. The molecule has 1 aromatic heterocycles. The highest BCUT2D eigenvalue weighted by atomic mass is 16.5. The van der Waals surface area contributed by atoms with Crippen LogP contribution in [0.2, 0.25) is 0 Å². The molecule has 0 bridgehead atoms. The Morgan fingerprint density at radius 3 is 2.45 bits per heavy atom. The van der Waals surface area contributed by atoms with E-state index in [4.69, 9.17) is 4.74 Å². The van der Waals surface area contributed by atoms with Crippen LogP contribution in [-0.4, -0.2) is 65.1 Å². The number of likely N-dealkylation sites (N-methyl/N-ethyl adjacent to an activating group) is 1. The Morgan fingerprint density at radius 1 is 1.03 bits per heavy atom. The number of nitrogens with one attached hydrogen (secondary N) is 1. The molecule has 1 aromatic carbocycles. The largest absolute Gasteiger partial charge is 0.372 e. The number of benzene rings is 1. The second-order valence-electron chi connectivity index (χ2n) is 12.4. The fourth-order valence-corrected chi connectivity index (χ4v) is 8.23. The number of imide groups is 1. The Balaban J connectivity index is 1.33. The van der Waals surface area contributed by atoms with Crippen LogP contribution in [0.4, 0.5) is 4.79 Å². The highest BCUT2D eigenvalue weighted by Gasteiger charge is 2.54. The van der Waals surface area contributed by atoms with Crippen molar-refractivity contribution in [3.8, 4) is 0 Å². The number of aromatic nitrogens is 1. The third kappa shape index (κ3) is 4.26. The Hall–Kier alpha value is -2.38. The van der Waals surface area contributed by atoms with E-state index >= 15 is 0 Å². The number of rotatable bonds is 4.